The van der Waals surface area contributed by atoms with Crippen molar-refractivity contribution in [1.82, 2.24) is 4.98 Å². The summed E-state index contributed by atoms with van der Waals surface area (Å²) in [6, 6.07) is 21.1. The smallest absolute Gasteiger partial charge is 0.103 e. The van der Waals surface area contributed by atoms with Crippen LogP contribution in [0.3, 0.4) is 0 Å². The van der Waals surface area contributed by atoms with Crippen molar-refractivity contribution < 1.29 is 0 Å². The van der Waals surface area contributed by atoms with Crippen LogP contribution in [-0.2, 0) is 0 Å². The lowest BCUT2D eigenvalue weighted by molar-refractivity contribution is 1.05. The molecule has 2 atom stereocenters. The fourth-order valence-electron chi connectivity index (χ4n) is 2.99. The molecule has 2 aromatic carbocycles. The number of nitrogens with zero attached hydrogens (tertiary/aromatic N) is 2. The van der Waals surface area contributed by atoms with Gasteiger partial charge in [0.1, 0.15) is 6.07 Å². The van der Waals surface area contributed by atoms with Gasteiger partial charge in [-0.15, -0.1) is 0 Å². The van der Waals surface area contributed by atoms with Crippen LogP contribution in [0.15, 0.2) is 60.8 Å². The number of aromatic nitrogens is 1. The molecule has 22 heavy (non-hydrogen) atoms. The van der Waals surface area contributed by atoms with Crippen LogP contribution in [0.4, 0.5) is 5.69 Å². The summed E-state index contributed by atoms with van der Waals surface area (Å²) < 4.78 is 0. The summed E-state index contributed by atoms with van der Waals surface area (Å²) in [6.45, 7) is 0. The molecular formula is C19H15N3. The average molecular weight is 285 g/mol. The van der Waals surface area contributed by atoms with Crippen LogP contribution in [0.5, 0.6) is 0 Å². The van der Waals surface area contributed by atoms with Gasteiger partial charge in [0.2, 0.25) is 0 Å². The highest BCUT2D eigenvalue weighted by Gasteiger charge is 2.38. The van der Waals surface area contributed by atoms with Crippen LogP contribution >= 0.6 is 0 Å². The van der Waals surface area contributed by atoms with Gasteiger partial charge in [0.25, 0.3) is 0 Å². The number of hydrogen-bond acceptors (Lipinski definition) is 3. The van der Waals surface area contributed by atoms with Crippen LogP contribution in [0.1, 0.15) is 23.5 Å². The Bertz CT molecular complexity index is 865. The molecule has 0 spiro atoms. The summed E-state index contributed by atoms with van der Waals surface area (Å²) in [6.07, 6.45) is 2.76. The molecule has 1 heterocycles. The number of fused-ring (bicyclic) bond motifs is 1. The Labute approximate surface area is 129 Å². The fourth-order valence-corrected chi connectivity index (χ4v) is 2.99. The number of para-hydroxylation sites is 1. The van der Waals surface area contributed by atoms with Gasteiger partial charge in [0.15, 0.2) is 0 Å². The lowest BCUT2D eigenvalue weighted by Gasteiger charge is -2.11. The lowest BCUT2D eigenvalue weighted by atomic mass is 10.1. The van der Waals surface area contributed by atoms with Crippen molar-refractivity contribution in [1.29, 1.82) is 5.26 Å². The Balaban J connectivity index is 1.67. The van der Waals surface area contributed by atoms with Gasteiger partial charge in [-0.25, -0.2) is 0 Å². The van der Waals surface area contributed by atoms with Crippen LogP contribution in [-0.4, -0.2) is 11.0 Å². The molecule has 3 aromatic rings. The van der Waals surface area contributed by atoms with E-state index in [2.05, 4.69) is 40.6 Å². The highest BCUT2D eigenvalue weighted by molar-refractivity contribution is 5.94. The molecule has 0 unspecified atom stereocenters. The summed E-state index contributed by atoms with van der Waals surface area (Å²) in [7, 11) is 0. The summed E-state index contributed by atoms with van der Waals surface area (Å²) in [5.74, 6) is 0.527. The van der Waals surface area contributed by atoms with E-state index in [1.54, 1.807) is 6.20 Å². The normalized spacial score (nSPS) is 19.6. The fraction of sp³-hybridized carbons (Fsp3) is 0.158. The zero-order valence-corrected chi connectivity index (χ0v) is 12.0. The van der Waals surface area contributed by atoms with E-state index < -0.39 is 0 Å². The highest BCUT2D eigenvalue weighted by atomic mass is 15.0. The van der Waals surface area contributed by atoms with Gasteiger partial charge >= 0.3 is 0 Å². The van der Waals surface area contributed by atoms with Crippen molar-refractivity contribution in [2.24, 2.45) is 0 Å². The molecule has 0 aliphatic heterocycles. The molecule has 106 valence electrons. The van der Waals surface area contributed by atoms with Crippen molar-refractivity contribution in [3.63, 3.8) is 0 Å². The molecule has 3 heteroatoms. The van der Waals surface area contributed by atoms with Crippen molar-refractivity contribution in [2.75, 3.05) is 5.32 Å². The topological polar surface area (TPSA) is 48.7 Å². The standard InChI is InChI=1S/C19H15N3/c20-11-14-12-21-17-9-5-4-8-15(17)19(14)22-18-10-16(18)13-6-2-1-3-7-13/h1-9,12,16,18H,10H2,(H,21,22)/t16-,18+/m1/s1. The zero-order valence-electron chi connectivity index (χ0n) is 12.0. The summed E-state index contributed by atoms with van der Waals surface area (Å²) in [5.41, 5.74) is 3.80. The minimum absolute atomic E-state index is 0.389. The molecule has 0 radical (unpaired) electrons. The molecule has 0 saturated heterocycles. The number of pyridine rings is 1. The van der Waals surface area contributed by atoms with Gasteiger partial charge in [-0.2, -0.15) is 5.26 Å². The first-order chi connectivity index (χ1) is 10.9. The van der Waals surface area contributed by atoms with Gasteiger partial charge in [0, 0.05) is 23.5 Å². The van der Waals surface area contributed by atoms with E-state index >= 15 is 0 Å². The second-order valence-electron chi connectivity index (χ2n) is 5.68. The predicted molar refractivity (Wildman–Crippen MR) is 87.7 cm³/mol. The SMILES string of the molecule is N#Cc1cnc2ccccc2c1N[C@H]1C[C@@H]1c1ccccc1. The van der Waals surface area contributed by atoms with Crippen LogP contribution < -0.4 is 5.32 Å². The van der Waals surface area contributed by atoms with Gasteiger partial charge in [-0.05, 0) is 18.1 Å². The van der Waals surface area contributed by atoms with Gasteiger partial charge in [-0.1, -0.05) is 48.5 Å². The zero-order chi connectivity index (χ0) is 14.9. The van der Waals surface area contributed by atoms with Crippen molar-refractivity contribution >= 4 is 16.6 Å². The third kappa shape index (κ3) is 2.19. The molecule has 1 N–H and O–H groups in total. The Kier molecular flexibility index (Phi) is 3.01. The van der Waals surface area contributed by atoms with E-state index in [-0.39, 0.29) is 0 Å². The monoisotopic (exact) mass is 285 g/mol. The molecule has 1 aliphatic rings. The Hall–Kier alpha value is -2.86. The third-order valence-electron chi connectivity index (χ3n) is 4.24. The van der Waals surface area contributed by atoms with Gasteiger partial charge in [-0.3, -0.25) is 4.98 Å². The van der Waals surface area contributed by atoms with E-state index in [0.29, 0.717) is 17.5 Å². The van der Waals surface area contributed by atoms with Crippen molar-refractivity contribution in [2.45, 2.75) is 18.4 Å². The Morgan fingerprint density at radius 3 is 2.64 bits per heavy atom. The summed E-state index contributed by atoms with van der Waals surface area (Å²) in [5, 5.41) is 13.9. The average Bonchev–Trinajstić information content (AvgIpc) is 3.35. The maximum absolute atomic E-state index is 9.36. The molecule has 4 rings (SSSR count). The van der Waals surface area contributed by atoms with Crippen LogP contribution in [0, 0.1) is 11.3 Å². The number of hydrogen-bond donors (Lipinski definition) is 1. The molecule has 0 amide bonds. The minimum Gasteiger partial charge on any atom is -0.380 e. The van der Waals surface area contributed by atoms with Crippen molar-refractivity contribution in [3.05, 3.63) is 71.9 Å². The molecule has 1 fully saturated rings. The summed E-state index contributed by atoms with van der Waals surface area (Å²) in [4.78, 5) is 4.36. The number of nitriles is 1. The first-order valence-electron chi connectivity index (χ1n) is 7.46. The molecule has 1 aliphatic carbocycles. The minimum atomic E-state index is 0.389. The summed E-state index contributed by atoms with van der Waals surface area (Å²) >= 11 is 0. The predicted octanol–water partition coefficient (Wildman–Crippen LogP) is 4.07. The highest BCUT2D eigenvalue weighted by Crippen LogP contribution is 2.43. The Morgan fingerprint density at radius 1 is 1.05 bits per heavy atom. The van der Waals surface area contributed by atoms with E-state index in [0.717, 1.165) is 23.0 Å². The number of nitrogens with one attached hydrogen (secondary N) is 1. The lowest BCUT2D eigenvalue weighted by Crippen LogP contribution is -2.07. The molecular weight excluding hydrogens is 270 g/mol. The maximum Gasteiger partial charge on any atom is 0.103 e. The van der Waals surface area contributed by atoms with Gasteiger partial charge in [0.05, 0.1) is 16.8 Å². The molecule has 3 nitrogen and oxygen atoms in total. The van der Waals surface area contributed by atoms with Crippen molar-refractivity contribution in [3.8, 4) is 6.07 Å². The van der Waals surface area contributed by atoms with Crippen LogP contribution in [0.25, 0.3) is 10.9 Å². The first kappa shape index (κ1) is 12.8. The number of rotatable bonds is 3. The molecule has 1 saturated carbocycles. The van der Waals surface area contributed by atoms with E-state index in [4.69, 9.17) is 0 Å². The molecule has 0 bridgehead atoms. The Morgan fingerprint density at radius 2 is 1.82 bits per heavy atom. The van der Waals surface area contributed by atoms with E-state index in [1.165, 1.54) is 5.56 Å². The van der Waals surface area contributed by atoms with E-state index in [1.807, 2.05) is 30.3 Å². The first-order valence-corrected chi connectivity index (χ1v) is 7.46. The van der Waals surface area contributed by atoms with E-state index in [9.17, 15) is 5.26 Å². The second-order valence-corrected chi connectivity index (χ2v) is 5.68. The molecule has 1 aromatic heterocycles. The maximum atomic E-state index is 9.36. The largest absolute Gasteiger partial charge is 0.380 e. The third-order valence-corrected chi connectivity index (χ3v) is 4.24. The quantitative estimate of drug-likeness (QED) is 0.789. The number of benzene rings is 2. The van der Waals surface area contributed by atoms with Gasteiger partial charge < -0.3 is 5.32 Å². The van der Waals surface area contributed by atoms with Crippen LogP contribution in [0.2, 0.25) is 0 Å². The number of anilines is 1. The second kappa shape index (κ2) is 5.16.